The first kappa shape index (κ1) is 16.9. The lowest BCUT2D eigenvalue weighted by Crippen LogP contribution is -2.24. The van der Waals surface area contributed by atoms with Gasteiger partial charge in [-0.15, -0.1) is 5.10 Å². The van der Waals surface area contributed by atoms with Crippen LogP contribution < -0.4 is 5.43 Å². The summed E-state index contributed by atoms with van der Waals surface area (Å²) in [7, 11) is 0. The lowest BCUT2D eigenvalue weighted by Gasteiger charge is -2.16. The fourth-order valence-electron chi connectivity index (χ4n) is 2.32. The molecular formula is C15H23N5OS. The second kappa shape index (κ2) is 9.53. The van der Waals surface area contributed by atoms with Gasteiger partial charge < -0.3 is 0 Å². The van der Waals surface area contributed by atoms with Crippen molar-refractivity contribution in [2.75, 3.05) is 13.1 Å². The van der Waals surface area contributed by atoms with Gasteiger partial charge in [-0.05, 0) is 31.4 Å². The third-order valence-electron chi connectivity index (χ3n) is 3.41. The average Bonchev–Trinajstić information content (AvgIpc) is 2.81. The van der Waals surface area contributed by atoms with E-state index in [9.17, 15) is 4.79 Å². The van der Waals surface area contributed by atoms with Gasteiger partial charge in [0.1, 0.15) is 5.69 Å². The molecular weight excluding hydrogens is 298 g/mol. The normalized spacial score (nSPS) is 17.0. The van der Waals surface area contributed by atoms with Gasteiger partial charge >= 0.3 is 5.24 Å². The van der Waals surface area contributed by atoms with Crippen LogP contribution in [0.25, 0.3) is 0 Å². The van der Waals surface area contributed by atoms with E-state index in [1.807, 2.05) is 12.1 Å². The molecule has 0 unspecified atom stereocenters. The zero-order valence-electron chi connectivity index (χ0n) is 13.0. The molecule has 0 radical (unpaired) electrons. The maximum Gasteiger partial charge on any atom is 0.314 e. The van der Waals surface area contributed by atoms with Crippen molar-refractivity contribution in [3.05, 3.63) is 24.0 Å². The highest BCUT2D eigenvalue weighted by atomic mass is 32.2. The van der Waals surface area contributed by atoms with Crippen LogP contribution in [-0.2, 0) is 0 Å². The summed E-state index contributed by atoms with van der Waals surface area (Å²) in [6.07, 6.45) is 8.14. The third kappa shape index (κ3) is 5.73. The molecule has 120 valence electrons. The summed E-state index contributed by atoms with van der Waals surface area (Å²) in [5.41, 5.74) is 4.11. The van der Waals surface area contributed by atoms with Crippen LogP contribution in [0.1, 0.15) is 51.1 Å². The second-order valence-electron chi connectivity index (χ2n) is 5.25. The lowest BCUT2D eigenvalue weighted by molar-refractivity contribution is 0.260. The lowest BCUT2D eigenvalue weighted by atomic mass is 10.1. The maximum absolute atomic E-state index is 12.0. The summed E-state index contributed by atoms with van der Waals surface area (Å²) in [6, 6.07) is 3.68. The van der Waals surface area contributed by atoms with Crippen LogP contribution >= 0.6 is 11.9 Å². The zero-order chi connectivity index (χ0) is 15.6. The predicted molar refractivity (Wildman–Crippen MR) is 89.6 cm³/mol. The molecule has 0 atom stereocenters. The second-order valence-corrected chi connectivity index (χ2v) is 6.32. The molecule has 7 heteroatoms. The molecule has 22 heavy (non-hydrogen) atoms. The summed E-state index contributed by atoms with van der Waals surface area (Å²) in [5, 5.41) is 12.0. The monoisotopic (exact) mass is 321 g/mol. The molecule has 1 N–H and O–H groups in total. The van der Waals surface area contributed by atoms with Crippen LogP contribution in [0.2, 0.25) is 0 Å². The van der Waals surface area contributed by atoms with Gasteiger partial charge in [-0.25, -0.2) is 9.73 Å². The van der Waals surface area contributed by atoms with Crippen molar-refractivity contribution in [3.63, 3.8) is 0 Å². The van der Waals surface area contributed by atoms with Crippen molar-refractivity contribution in [1.82, 2.24) is 19.9 Å². The molecule has 1 saturated heterocycles. The number of carbonyl (C=O) groups is 1. The van der Waals surface area contributed by atoms with E-state index in [2.05, 4.69) is 32.0 Å². The van der Waals surface area contributed by atoms with Gasteiger partial charge in [-0.3, -0.25) is 4.79 Å². The summed E-state index contributed by atoms with van der Waals surface area (Å²) >= 11 is 1.23. The molecule has 2 rings (SSSR count). The Bertz CT molecular complexity index is 486. The molecule has 6 nitrogen and oxygen atoms in total. The Kier molecular flexibility index (Phi) is 7.32. The molecule has 1 amide bonds. The van der Waals surface area contributed by atoms with E-state index in [1.165, 1.54) is 24.8 Å². The van der Waals surface area contributed by atoms with Crippen molar-refractivity contribution >= 4 is 22.9 Å². The minimum Gasteiger partial charge on any atom is -0.259 e. The quantitative estimate of drug-likeness (QED) is 0.512. The first-order valence-corrected chi connectivity index (χ1v) is 8.64. The predicted octanol–water partition coefficient (Wildman–Crippen LogP) is 3.21. The highest BCUT2D eigenvalue weighted by molar-refractivity contribution is 8.11. The van der Waals surface area contributed by atoms with E-state index in [0.29, 0.717) is 5.69 Å². The van der Waals surface area contributed by atoms with Crippen LogP contribution in [0.3, 0.4) is 0 Å². The Morgan fingerprint density at radius 3 is 2.77 bits per heavy atom. The van der Waals surface area contributed by atoms with E-state index in [4.69, 9.17) is 0 Å². The largest absolute Gasteiger partial charge is 0.314 e. The van der Waals surface area contributed by atoms with Crippen molar-refractivity contribution in [2.45, 2.75) is 45.4 Å². The first-order chi connectivity index (χ1) is 10.8. The van der Waals surface area contributed by atoms with Gasteiger partial charge in [0, 0.05) is 31.2 Å². The Balaban J connectivity index is 1.90. The first-order valence-electron chi connectivity index (χ1n) is 7.87. The molecule has 0 bridgehead atoms. The highest BCUT2D eigenvalue weighted by Crippen LogP contribution is 2.18. The Morgan fingerprint density at radius 1 is 1.36 bits per heavy atom. The standard InChI is InChI=1S/C15H23N5OS/c1-2-8-13(14-9-7-10-16-17-14)18-19-15(21)22-20-11-5-3-4-6-12-20/h7,9-10H,2-6,8,11-12H2,1H3,(H,19,21)/b18-13+. The van der Waals surface area contributed by atoms with Crippen molar-refractivity contribution in [2.24, 2.45) is 5.10 Å². The zero-order valence-corrected chi connectivity index (χ0v) is 13.8. The van der Waals surface area contributed by atoms with Crippen molar-refractivity contribution < 1.29 is 4.79 Å². The number of hydrazone groups is 1. The topological polar surface area (TPSA) is 70.5 Å². The Labute approximate surface area is 135 Å². The SMILES string of the molecule is CCC/C(=N\NC(=O)SN1CCCCCC1)c1cccnn1. The third-order valence-corrected chi connectivity index (χ3v) is 4.29. The molecule has 1 aromatic rings. The van der Waals surface area contributed by atoms with E-state index >= 15 is 0 Å². The number of amides is 1. The number of nitrogens with zero attached hydrogens (tertiary/aromatic N) is 4. The number of rotatable bonds is 5. The van der Waals surface area contributed by atoms with Gasteiger partial charge in [0.15, 0.2) is 0 Å². The summed E-state index contributed by atoms with van der Waals surface area (Å²) < 4.78 is 2.12. The number of hydrogen-bond acceptors (Lipinski definition) is 6. The molecule has 0 aliphatic carbocycles. The van der Waals surface area contributed by atoms with E-state index in [0.717, 1.165) is 44.5 Å². The molecule has 1 aliphatic heterocycles. The van der Waals surface area contributed by atoms with Crippen LogP contribution in [0.4, 0.5) is 4.79 Å². The molecule has 2 heterocycles. The molecule has 0 saturated carbocycles. The van der Waals surface area contributed by atoms with E-state index in [-0.39, 0.29) is 5.24 Å². The number of carbonyl (C=O) groups excluding carboxylic acids is 1. The number of nitrogens with one attached hydrogen (secondary N) is 1. The van der Waals surface area contributed by atoms with Crippen LogP contribution in [0.15, 0.2) is 23.4 Å². The Morgan fingerprint density at radius 2 is 2.14 bits per heavy atom. The molecule has 0 spiro atoms. The number of hydrogen-bond donors (Lipinski definition) is 1. The van der Waals surface area contributed by atoms with Crippen LogP contribution in [0.5, 0.6) is 0 Å². The summed E-state index contributed by atoms with van der Waals surface area (Å²) in [4.78, 5) is 12.0. The van der Waals surface area contributed by atoms with Crippen LogP contribution in [0, 0.1) is 0 Å². The van der Waals surface area contributed by atoms with E-state index in [1.54, 1.807) is 6.20 Å². The average molecular weight is 321 g/mol. The van der Waals surface area contributed by atoms with Crippen molar-refractivity contribution in [1.29, 1.82) is 0 Å². The fraction of sp³-hybridized carbons (Fsp3) is 0.600. The minimum atomic E-state index is -0.139. The van der Waals surface area contributed by atoms with Gasteiger partial charge in [0.2, 0.25) is 0 Å². The van der Waals surface area contributed by atoms with E-state index < -0.39 is 0 Å². The number of aromatic nitrogens is 2. The molecule has 1 aromatic heterocycles. The summed E-state index contributed by atoms with van der Waals surface area (Å²) in [6.45, 7) is 4.00. The van der Waals surface area contributed by atoms with Gasteiger partial charge in [-0.2, -0.15) is 10.2 Å². The van der Waals surface area contributed by atoms with Gasteiger partial charge in [0.05, 0.1) is 5.71 Å². The Hall–Kier alpha value is -1.47. The summed E-state index contributed by atoms with van der Waals surface area (Å²) in [5.74, 6) is 0. The molecule has 1 fully saturated rings. The van der Waals surface area contributed by atoms with Gasteiger partial charge in [0.25, 0.3) is 0 Å². The fourth-order valence-corrected chi connectivity index (χ4v) is 3.08. The van der Waals surface area contributed by atoms with Gasteiger partial charge in [-0.1, -0.05) is 26.2 Å². The minimum absolute atomic E-state index is 0.139. The smallest absolute Gasteiger partial charge is 0.259 e. The molecule has 0 aromatic carbocycles. The van der Waals surface area contributed by atoms with Crippen LogP contribution in [-0.4, -0.2) is 38.5 Å². The van der Waals surface area contributed by atoms with Crippen molar-refractivity contribution in [3.8, 4) is 0 Å². The highest BCUT2D eigenvalue weighted by Gasteiger charge is 2.14. The molecule has 1 aliphatic rings. The maximum atomic E-state index is 12.0.